The number of hydrogen-bond acceptors (Lipinski definition) is 5. The number of nitro benzene ring substituents is 1. The minimum atomic E-state index is -0.601. The summed E-state index contributed by atoms with van der Waals surface area (Å²) < 4.78 is 0. The van der Waals surface area contributed by atoms with E-state index >= 15 is 0 Å². The van der Waals surface area contributed by atoms with Gasteiger partial charge in [0.2, 0.25) is 5.91 Å². The van der Waals surface area contributed by atoms with Gasteiger partial charge in [-0.1, -0.05) is 12.2 Å². The lowest BCUT2D eigenvalue weighted by Gasteiger charge is -2.20. The fourth-order valence-corrected chi connectivity index (χ4v) is 4.22. The maximum absolute atomic E-state index is 12.4. The highest BCUT2D eigenvalue weighted by molar-refractivity contribution is 6.21. The van der Waals surface area contributed by atoms with Gasteiger partial charge in [-0.3, -0.25) is 29.4 Å². The van der Waals surface area contributed by atoms with Gasteiger partial charge in [-0.05, 0) is 37.2 Å². The second-order valence-electron chi connectivity index (χ2n) is 7.31. The van der Waals surface area contributed by atoms with E-state index in [1.807, 2.05) is 0 Å². The quantitative estimate of drug-likeness (QED) is 0.357. The Kier molecular flexibility index (Phi) is 4.25. The molecule has 1 heterocycles. The minimum Gasteiger partial charge on any atom is -0.353 e. The Hall–Kier alpha value is -3.03. The highest BCUT2D eigenvalue weighted by atomic mass is 16.6. The molecule has 0 radical (unpaired) electrons. The molecule has 3 amide bonds. The molecule has 1 N–H and O–H groups in total. The molecule has 8 heteroatoms. The van der Waals surface area contributed by atoms with Gasteiger partial charge in [0.05, 0.1) is 16.1 Å². The lowest BCUT2D eigenvalue weighted by molar-refractivity contribution is -0.384. The molecule has 3 aliphatic rings. The molecule has 3 atom stereocenters. The fourth-order valence-electron chi connectivity index (χ4n) is 4.22. The van der Waals surface area contributed by atoms with Crippen LogP contribution in [0.2, 0.25) is 0 Å². The van der Waals surface area contributed by atoms with Crippen LogP contribution in [0.1, 0.15) is 46.4 Å². The van der Waals surface area contributed by atoms with Gasteiger partial charge in [0.15, 0.2) is 0 Å². The number of nitrogens with one attached hydrogen (secondary N) is 1. The van der Waals surface area contributed by atoms with E-state index in [9.17, 15) is 24.5 Å². The van der Waals surface area contributed by atoms with Gasteiger partial charge in [-0.2, -0.15) is 0 Å². The van der Waals surface area contributed by atoms with E-state index in [0.29, 0.717) is 18.3 Å². The number of benzene rings is 1. The topological polar surface area (TPSA) is 110 Å². The van der Waals surface area contributed by atoms with Crippen molar-refractivity contribution in [2.45, 2.75) is 31.7 Å². The molecule has 1 aromatic carbocycles. The Balaban J connectivity index is 1.31. The van der Waals surface area contributed by atoms with E-state index in [4.69, 9.17) is 0 Å². The number of hydrogen-bond donors (Lipinski definition) is 1. The van der Waals surface area contributed by atoms with Gasteiger partial charge >= 0.3 is 0 Å². The number of nitrogens with zero attached hydrogens (tertiary/aromatic N) is 2. The molecule has 27 heavy (non-hydrogen) atoms. The zero-order valence-corrected chi connectivity index (χ0v) is 14.6. The molecule has 0 spiro atoms. The van der Waals surface area contributed by atoms with Crippen LogP contribution in [0.25, 0.3) is 0 Å². The van der Waals surface area contributed by atoms with E-state index in [2.05, 4.69) is 17.5 Å². The first-order chi connectivity index (χ1) is 12.9. The molecular weight excluding hydrogens is 350 g/mol. The van der Waals surface area contributed by atoms with Crippen molar-refractivity contribution < 1.29 is 19.3 Å². The van der Waals surface area contributed by atoms with Crippen LogP contribution in [0.5, 0.6) is 0 Å². The van der Waals surface area contributed by atoms with Crippen LogP contribution >= 0.6 is 0 Å². The number of allylic oxidation sites excluding steroid dienone is 1. The van der Waals surface area contributed by atoms with Crippen molar-refractivity contribution in [3.63, 3.8) is 0 Å². The zero-order chi connectivity index (χ0) is 19.1. The van der Waals surface area contributed by atoms with Crippen molar-refractivity contribution in [2.75, 3.05) is 6.54 Å². The van der Waals surface area contributed by atoms with Crippen molar-refractivity contribution >= 4 is 23.4 Å². The molecule has 1 aliphatic heterocycles. The van der Waals surface area contributed by atoms with Gasteiger partial charge in [0.1, 0.15) is 0 Å². The molecule has 1 aromatic rings. The first kappa shape index (κ1) is 17.4. The van der Waals surface area contributed by atoms with Crippen LogP contribution in [0.15, 0.2) is 30.4 Å². The highest BCUT2D eigenvalue weighted by Crippen LogP contribution is 2.39. The summed E-state index contributed by atoms with van der Waals surface area (Å²) in [5.41, 5.74) is -0.00715. The van der Waals surface area contributed by atoms with E-state index in [1.165, 1.54) is 12.1 Å². The number of carbonyl (C=O) groups excluding carboxylic acids is 3. The van der Waals surface area contributed by atoms with Crippen molar-refractivity contribution in [3.05, 3.63) is 51.6 Å². The predicted octanol–water partition coefficient (Wildman–Crippen LogP) is 2.05. The van der Waals surface area contributed by atoms with E-state index in [1.54, 1.807) is 0 Å². The van der Waals surface area contributed by atoms with Crippen molar-refractivity contribution in [3.8, 4) is 0 Å². The average molecular weight is 369 g/mol. The second kappa shape index (κ2) is 6.61. The Morgan fingerprint density at radius 2 is 1.96 bits per heavy atom. The van der Waals surface area contributed by atoms with Crippen LogP contribution in [0.3, 0.4) is 0 Å². The molecule has 3 unspecified atom stereocenters. The van der Waals surface area contributed by atoms with Gasteiger partial charge in [-0.15, -0.1) is 0 Å². The average Bonchev–Trinajstić information content (AvgIpc) is 3.31. The summed E-state index contributed by atoms with van der Waals surface area (Å²) >= 11 is 0. The molecule has 1 saturated carbocycles. The summed E-state index contributed by atoms with van der Waals surface area (Å²) in [6.45, 7) is 0.115. The van der Waals surface area contributed by atoms with Crippen LogP contribution in [-0.2, 0) is 4.79 Å². The number of nitro groups is 1. The molecule has 0 aromatic heterocycles. The van der Waals surface area contributed by atoms with Gasteiger partial charge in [-0.25, -0.2) is 0 Å². The number of rotatable bonds is 6. The number of imide groups is 1. The minimum absolute atomic E-state index is 0.0485. The normalized spacial score (nSPS) is 25.2. The van der Waals surface area contributed by atoms with Crippen molar-refractivity contribution in [1.29, 1.82) is 0 Å². The van der Waals surface area contributed by atoms with Crippen LogP contribution in [0, 0.1) is 22.0 Å². The molecule has 2 aliphatic carbocycles. The van der Waals surface area contributed by atoms with Gasteiger partial charge in [0.25, 0.3) is 17.5 Å². The van der Waals surface area contributed by atoms with Crippen LogP contribution in [0.4, 0.5) is 5.69 Å². The van der Waals surface area contributed by atoms with Crippen LogP contribution < -0.4 is 5.32 Å². The Bertz CT molecular complexity index is 878. The van der Waals surface area contributed by atoms with Crippen molar-refractivity contribution in [2.24, 2.45) is 11.8 Å². The highest BCUT2D eigenvalue weighted by Gasteiger charge is 2.37. The summed E-state index contributed by atoms with van der Waals surface area (Å²) in [7, 11) is 0. The summed E-state index contributed by atoms with van der Waals surface area (Å²) in [6.07, 6.45) is 7.04. The molecule has 140 valence electrons. The summed E-state index contributed by atoms with van der Waals surface area (Å²) in [5.74, 6) is -0.0947. The molecular formula is C19H19N3O5. The first-order valence-electron chi connectivity index (χ1n) is 9.06. The van der Waals surface area contributed by atoms with E-state index in [0.717, 1.165) is 23.8 Å². The van der Waals surface area contributed by atoms with Gasteiger partial charge < -0.3 is 5.32 Å². The van der Waals surface area contributed by atoms with Crippen LogP contribution in [-0.4, -0.2) is 40.1 Å². The fraction of sp³-hybridized carbons (Fsp3) is 0.421. The Labute approximate surface area is 155 Å². The number of carbonyl (C=O) groups is 3. The number of non-ortho nitro benzene ring substituents is 1. The largest absolute Gasteiger partial charge is 0.353 e. The second-order valence-corrected chi connectivity index (χ2v) is 7.31. The van der Waals surface area contributed by atoms with Crippen molar-refractivity contribution in [1.82, 2.24) is 10.2 Å². The molecule has 0 saturated heterocycles. The third-order valence-electron chi connectivity index (χ3n) is 5.58. The predicted molar refractivity (Wildman–Crippen MR) is 95.0 cm³/mol. The summed E-state index contributed by atoms with van der Waals surface area (Å²) in [4.78, 5) is 48.2. The lowest BCUT2D eigenvalue weighted by atomic mass is 10.0. The zero-order valence-electron chi connectivity index (χ0n) is 14.6. The van der Waals surface area contributed by atoms with E-state index in [-0.39, 0.29) is 41.7 Å². The summed E-state index contributed by atoms with van der Waals surface area (Å²) in [5, 5.41) is 13.9. The maximum Gasteiger partial charge on any atom is 0.270 e. The monoisotopic (exact) mass is 369 g/mol. The number of amides is 3. The molecule has 2 bridgehead atoms. The smallest absolute Gasteiger partial charge is 0.270 e. The maximum atomic E-state index is 12.4. The molecule has 1 fully saturated rings. The Morgan fingerprint density at radius 3 is 2.63 bits per heavy atom. The lowest BCUT2D eigenvalue weighted by Crippen LogP contribution is -2.38. The number of fused-ring (bicyclic) bond motifs is 3. The first-order valence-corrected chi connectivity index (χ1v) is 9.06. The third-order valence-corrected chi connectivity index (χ3v) is 5.58. The van der Waals surface area contributed by atoms with E-state index < -0.39 is 16.7 Å². The standard InChI is InChI=1S/C19H19N3O5/c23-17(20-16-9-11-3-4-12(16)8-11)2-1-7-21-18(24)14-6-5-13(22(26)27)10-15(14)19(21)25/h3-6,10-12,16H,1-2,7-9H2,(H,20,23). The Morgan fingerprint density at radius 1 is 1.19 bits per heavy atom. The van der Waals surface area contributed by atoms with Gasteiger partial charge in [0, 0.05) is 31.1 Å². The molecule has 8 nitrogen and oxygen atoms in total. The third kappa shape index (κ3) is 3.11. The summed E-state index contributed by atoms with van der Waals surface area (Å²) in [6, 6.07) is 3.84. The molecule has 4 rings (SSSR count). The SMILES string of the molecule is O=C(CCCN1C(=O)c2ccc([N+](=O)[O-])cc2C1=O)NC1CC2C=CC1C2.